The van der Waals surface area contributed by atoms with E-state index in [1.54, 1.807) is 6.92 Å². The lowest BCUT2D eigenvalue weighted by Gasteiger charge is -2.28. The van der Waals surface area contributed by atoms with Crippen molar-refractivity contribution in [1.82, 2.24) is 5.32 Å². The smallest absolute Gasteiger partial charge is 0.254 e. The third kappa shape index (κ3) is 2.65. The summed E-state index contributed by atoms with van der Waals surface area (Å²) in [5.74, 6) is -0.912. The Kier molecular flexibility index (Phi) is 3.59. The second-order valence-electron chi connectivity index (χ2n) is 4.93. The van der Waals surface area contributed by atoms with E-state index in [2.05, 4.69) is 5.32 Å². The van der Waals surface area contributed by atoms with E-state index in [0.717, 1.165) is 18.9 Å². The Morgan fingerprint density at radius 3 is 2.78 bits per heavy atom. The second kappa shape index (κ2) is 4.86. The Morgan fingerprint density at radius 1 is 1.61 bits per heavy atom. The van der Waals surface area contributed by atoms with Crippen molar-refractivity contribution in [2.75, 3.05) is 6.61 Å². The number of hydrogen-bond acceptors (Lipinski definition) is 2. The van der Waals surface area contributed by atoms with Gasteiger partial charge in [0.05, 0.1) is 17.7 Å². The van der Waals surface area contributed by atoms with Crippen LogP contribution >= 0.6 is 11.6 Å². The minimum Gasteiger partial charge on any atom is -0.394 e. The number of hydrogen-bond donors (Lipinski definition) is 2. The first kappa shape index (κ1) is 13.3. The SMILES string of the molecule is CC(CO)(NC(=O)c1ccc(Cl)cc1F)C1CC1. The van der Waals surface area contributed by atoms with Crippen LogP contribution in [0.25, 0.3) is 0 Å². The summed E-state index contributed by atoms with van der Waals surface area (Å²) in [6, 6.07) is 3.91. The molecule has 1 atom stereocenters. The summed E-state index contributed by atoms with van der Waals surface area (Å²) < 4.78 is 13.6. The number of aliphatic hydroxyl groups is 1. The second-order valence-corrected chi connectivity index (χ2v) is 5.36. The zero-order valence-corrected chi connectivity index (χ0v) is 10.8. The van der Waals surface area contributed by atoms with Gasteiger partial charge in [0.2, 0.25) is 0 Å². The van der Waals surface area contributed by atoms with Crippen molar-refractivity contribution in [2.24, 2.45) is 5.92 Å². The van der Waals surface area contributed by atoms with E-state index in [0.29, 0.717) is 0 Å². The summed E-state index contributed by atoms with van der Waals surface area (Å²) in [7, 11) is 0. The number of benzene rings is 1. The molecule has 1 aliphatic rings. The number of amides is 1. The van der Waals surface area contributed by atoms with Crippen LogP contribution < -0.4 is 5.32 Å². The molecular weight excluding hydrogens is 257 g/mol. The predicted molar refractivity (Wildman–Crippen MR) is 67.1 cm³/mol. The van der Waals surface area contributed by atoms with Gasteiger partial charge in [0.15, 0.2) is 0 Å². The van der Waals surface area contributed by atoms with Crippen molar-refractivity contribution in [3.05, 3.63) is 34.6 Å². The van der Waals surface area contributed by atoms with Crippen LogP contribution in [0.15, 0.2) is 18.2 Å². The Hall–Kier alpha value is -1.13. The average Bonchev–Trinajstić information content (AvgIpc) is 3.12. The molecule has 1 saturated carbocycles. The summed E-state index contributed by atoms with van der Waals surface area (Å²) in [5, 5.41) is 12.3. The summed E-state index contributed by atoms with van der Waals surface area (Å²) in [6.07, 6.45) is 1.95. The molecule has 1 fully saturated rings. The largest absolute Gasteiger partial charge is 0.394 e. The van der Waals surface area contributed by atoms with Gasteiger partial charge in [-0.2, -0.15) is 0 Å². The molecule has 1 aromatic carbocycles. The van der Waals surface area contributed by atoms with Crippen LogP contribution in [0.4, 0.5) is 4.39 Å². The summed E-state index contributed by atoms with van der Waals surface area (Å²) in [6.45, 7) is 1.62. The van der Waals surface area contributed by atoms with Crippen LogP contribution in [-0.4, -0.2) is 23.2 Å². The Balaban J connectivity index is 2.16. The minimum atomic E-state index is -0.677. The molecule has 5 heteroatoms. The fourth-order valence-electron chi connectivity index (χ4n) is 1.99. The van der Waals surface area contributed by atoms with Gasteiger partial charge < -0.3 is 10.4 Å². The quantitative estimate of drug-likeness (QED) is 0.883. The molecule has 0 bridgehead atoms. The monoisotopic (exact) mass is 271 g/mol. The third-order valence-corrected chi connectivity index (χ3v) is 3.62. The van der Waals surface area contributed by atoms with Crippen molar-refractivity contribution in [3.8, 4) is 0 Å². The van der Waals surface area contributed by atoms with Crippen molar-refractivity contribution in [1.29, 1.82) is 0 Å². The molecule has 0 heterocycles. The molecular formula is C13H15ClFNO2. The number of rotatable bonds is 4. The summed E-state index contributed by atoms with van der Waals surface area (Å²) in [4.78, 5) is 12.0. The molecule has 18 heavy (non-hydrogen) atoms. The van der Waals surface area contributed by atoms with E-state index in [4.69, 9.17) is 11.6 Å². The minimum absolute atomic E-state index is 0.0558. The molecule has 2 N–H and O–H groups in total. The highest BCUT2D eigenvalue weighted by molar-refractivity contribution is 6.30. The van der Waals surface area contributed by atoms with Crippen molar-refractivity contribution in [2.45, 2.75) is 25.3 Å². The first-order valence-corrected chi connectivity index (χ1v) is 6.22. The van der Waals surface area contributed by atoms with E-state index in [9.17, 15) is 14.3 Å². The van der Waals surface area contributed by atoms with Crippen LogP contribution in [0.3, 0.4) is 0 Å². The molecule has 2 rings (SSSR count). The van der Waals surface area contributed by atoms with Gasteiger partial charge in [-0.05, 0) is 43.9 Å². The van der Waals surface area contributed by atoms with Gasteiger partial charge in [0, 0.05) is 5.02 Å². The molecule has 0 saturated heterocycles. The molecule has 0 spiro atoms. The van der Waals surface area contributed by atoms with Gasteiger partial charge in [-0.15, -0.1) is 0 Å². The van der Waals surface area contributed by atoms with Crippen molar-refractivity contribution < 1.29 is 14.3 Å². The molecule has 98 valence electrons. The molecule has 1 aliphatic carbocycles. The highest BCUT2D eigenvalue weighted by Gasteiger charge is 2.42. The van der Waals surface area contributed by atoms with E-state index < -0.39 is 17.3 Å². The standard InChI is InChI=1S/C13H15ClFNO2/c1-13(7-17,8-2-3-8)16-12(18)10-5-4-9(14)6-11(10)15/h4-6,8,17H,2-3,7H2,1H3,(H,16,18). The topological polar surface area (TPSA) is 49.3 Å². The van der Waals surface area contributed by atoms with E-state index in [1.807, 2.05) is 0 Å². The highest BCUT2D eigenvalue weighted by atomic mass is 35.5. The number of carbonyl (C=O) groups is 1. The highest BCUT2D eigenvalue weighted by Crippen LogP contribution is 2.39. The van der Waals surface area contributed by atoms with Crippen LogP contribution in [0, 0.1) is 11.7 Å². The van der Waals surface area contributed by atoms with Gasteiger partial charge >= 0.3 is 0 Å². The Morgan fingerprint density at radius 2 is 2.28 bits per heavy atom. The Labute approximate surface area is 110 Å². The first-order valence-electron chi connectivity index (χ1n) is 5.85. The lowest BCUT2D eigenvalue weighted by atomic mass is 9.96. The van der Waals surface area contributed by atoms with Gasteiger partial charge in [0.1, 0.15) is 5.82 Å². The normalized spacial score (nSPS) is 18.2. The lowest BCUT2D eigenvalue weighted by molar-refractivity contribution is 0.0820. The molecule has 0 aliphatic heterocycles. The van der Waals surface area contributed by atoms with Gasteiger partial charge in [0.25, 0.3) is 5.91 Å². The maximum atomic E-state index is 13.6. The number of carbonyl (C=O) groups excluding carboxylic acids is 1. The summed E-state index contributed by atoms with van der Waals surface area (Å²) in [5.41, 5.74) is -0.733. The van der Waals surface area contributed by atoms with E-state index in [-0.39, 0.29) is 23.1 Å². The molecule has 3 nitrogen and oxygen atoms in total. The van der Waals surface area contributed by atoms with E-state index >= 15 is 0 Å². The maximum absolute atomic E-state index is 13.6. The van der Waals surface area contributed by atoms with E-state index in [1.165, 1.54) is 12.1 Å². The van der Waals surface area contributed by atoms with Crippen LogP contribution in [-0.2, 0) is 0 Å². The molecule has 0 radical (unpaired) electrons. The van der Waals surface area contributed by atoms with Gasteiger partial charge in [-0.3, -0.25) is 4.79 Å². The van der Waals surface area contributed by atoms with Crippen LogP contribution in [0.5, 0.6) is 0 Å². The fraction of sp³-hybridized carbons (Fsp3) is 0.462. The van der Waals surface area contributed by atoms with Crippen molar-refractivity contribution >= 4 is 17.5 Å². The van der Waals surface area contributed by atoms with Gasteiger partial charge in [-0.1, -0.05) is 11.6 Å². The summed E-state index contributed by atoms with van der Waals surface area (Å²) >= 11 is 5.63. The molecule has 1 amide bonds. The number of aliphatic hydroxyl groups excluding tert-OH is 1. The maximum Gasteiger partial charge on any atom is 0.254 e. The zero-order valence-electron chi connectivity index (χ0n) is 10.0. The average molecular weight is 272 g/mol. The number of halogens is 2. The molecule has 1 aromatic rings. The van der Waals surface area contributed by atoms with Crippen molar-refractivity contribution in [3.63, 3.8) is 0 Å². The lowest BCUT2D eigenvalue weighted by Crippen LogP contribution is -2.50. The fourth-order valence-corrected chi connectivity index (χ4v) is 2.15. The predicted octanol–water partition coefficient (Wildman–Crippen LogP) is 2.37. The Bertz CT molecular complexity index is 476. The third-order valence-electron chi connectivity index (χ3n) is 3.38. The first-order chi connectivity index (χ1) is 8.46. The number of nitrogens with one attached hydrogen (secondary N) is 1. The van der Waals surface area contributed by atoms with Crippen LogP contribution in [0.2, 0.25) is 5.02 Å². The molecule has 1 unspecified atom stereocenters. The van der Waals surface area contributed by atoms with Gasteiger partial charge in [-0.25, -0.2) is 4.39 Å². The zero-order chi connectivity index (χ0) is 13.3. The molecule has 0 aromatic heterocycles. The van der Waals surface area contributed by atoms with Crippen LogP contribution in [0.1, 0.15) is 30.1 Å².